The molecule has 0 aliphatic heterocycles. The van der Waals surface area contributed by atoms with Gasteiger partial charge in [-0.25, -0.2) is 0 Å². The summed E-state index contributed by atoms with van der Waals surface area (Å²) in [6.45, 7) is 3.27. The van der Waals surface area contributed by atoms with Crippen LogP contribution in [0.25, 0.3) is 0 Å². The van der Waals surface area contributed by atoms with Crippen molar-refractivity contribution >= 4 is 11.6 Å². The second-order valence-electron chi connectivity index (χ2n) is 6.38. The van der Waals surface area contributed by atoms with Gasteiger partial charge < -0.3 is 14.8 Å². The molecule has 0 radical (unpaired) electrons. The second-order valence-corrected chi connectivity index (χ2v) is 6.82. The van der Waals surface area contributed by atoms with Crippen molar-refractivity contribution in [3.8, 4) is 11.5 Å². The highest BCUT2D eigenvalue weighted by Crippen LogP contribution is 2.32. The molecule has 0 aliphatic carbocycles. The summed E-state index contributed by atoms with van der Waals surface area (Å²) in [5.74, 6) is 1.48. The Labute approximate surface area is 165 Å². The van der Waals surface area contributed by atoms with E-state index in [0.29, 0.717) is 18.2 Å². The number of benzene rings is 3. The molecule has 1 atom stereocenters. The Bertz CT molecular complexity index is 867. The maximum Gasteiger partial charge on any atom is 0.166 e. The molecule has 0 unspecified atom stereocenters. The highest BCUT2D eigenvalue weighted by atomic mass is 35.5. The van der Waals surface area contributed by atoms with E-state index in [0.717, 1.165) is 22.6 Å². The number of nitrogens with one attached hydrogen (secondary N) is 1. The molecular weight excluding hydrogens is 358 g/mol. The molecule has 1 N–H and O–H groups in total. The number of methoxy groups -OCH3 is 1. The molecule has 3 rings (SSSR count). The first-order valence-corrected chi connectivity index (χ1v) is 9.36. The van der Waals surface area contributed by atoms with Crippen molar-refractivity contribution in [3.05, 3.63) is 94.5 Å². The van der Waals surface area contributed by atoms with Gasteiger partial charge in [-0.15, -0.1) is 0 Å². The summed E-state index contributed by atoms with van der Waals surface area (Å²) in [6, 6.07) is 24.3. The number of rotatable bonds is 8. The summed E-state index contributed by atoms with van der Waals surface area (Å²) in [6.07, 6.45) is 0. The molecule has 140 valence electrons. The Morgan fingerprint density at radius 2 is 1.74 bits per heavy atom. The number of ether oxygens (including phenoxy) is 2. The van der Waals surface area contributed by atoms with E-state index in [1.165, 1.54) is 5.56 Å². The van der Waals surface area contributed by atoms with Crippen LogP contribution in [0.15, 0.2) is 72.8 Å². The van der Waals surface area contributed by atoms with E-state index in [-0.39, 0.29) is 6.04 Å². The lowest BCUT2D eigenvalue weighted by molar-refractivity contribution is 0.280. The van der Waals surface area contributed by atoms with Crippen LogP contribution in [-0.4, -0.2) is 7.11 Å². The smallest absolute Gasteiger partial charge is 0.166 e. The monoisotopic (exact) mass is 381 g/mol. The summed E-state index contributed by atoms with van der Waals surface area (Å²) in [5.41, 5.74) is 3.32. The minimum atomic E-state index is 0.234. The first-order valence-electron chi connectivity index (χ1n) is 8.99. The molecule has 0 aromatic heterocycles. The van der Waals surface area contributed by atoms with Gasteiger partial charge in [0.2, 0.25) is 0 Å². The first kappa shape index (κ1) is 19.3. The quantitative estimate of drug-likeness (QED) is 0.536. The van der Waals surface area contributed by atoms with Gasteiger partial charge in [0, 0.05) is 23.2 Å². The fourth-order valence-electron chi connectivity index (χ4n) is 2.93. The zero-order valence-electron chi connectivity index (χ0n) is 15.6. The highest BCUT2D eigenvalue weighted by Gasteiger charge is 2.12. The van der Waals surface area contributed by atoms with E-state index < -0.39 is 0 Å². The third-order valence-electron chi connectivity index (χ3n) is 4.45. The Morgan fingerprint density at radius 3 is 2.48 bits per heavy atom. The molecule has 0 spiro atoms. The summed E-state index contributed by atoms with van der Waals surface area (Å²) in [7, 11) is 1.66. The van der Waals surface area contributed by atoms with Crippen molar-refractivity contribution < 1.29 is 9.47 Å². The predicted molar refractivity (Wildman–Crippen MR) is 110 cm³/mol. The van der Waals surface area contributed by atoms with E-state index in [4.69, 9.17) is 21.1 Å². The molecule has 4 heteroatoms. The molecular formula is C23H24ClNO2. The largest absolute Gasteiger partial charge is 0.493 e. The molecule has 0 aliphatic rings. The van der Waals surface area contributed by atoms with Gasteiger partial charge in [0.05, 0.1) is 7.11 Å². The normalized spacial score (nSPS) is 11.8. The standard InChI is InChI=1S/C23H24ClNO2/c1-17(19-9-4-3-5-10-19)25-15-20-11-7-13-22(26-2)23(20)27-16-18-8-6-12-21(24)14-18/h3-14,17,25H,15-16H2,1-2H3/t17-/m1/s1. The van der Waals surface area contributed by atoms with Gasteiger partial charge in [0.25, 0.3) is 0 Å². The zero-order valence-corrected chi connectivity index (χ0v) is 16.4. The van der Waals surface area contributed by atoms with E-state index in [2.05, 4.69) is 42.6 Å². The maximum atomic E-state index is 6.11. The van der Waals surface area contributed by atoms with Crippen molar-refractivity contribution in [3.63, 3.8) is 0 Å². The molecule has 3 aromatic carbocycles. The first-order chi connectivity index (χ1) is 13.2. The van der Waals surface area contributed by atoms with Gasteiger partial charge in [-0.05, 0) is 36.2 Å². The Kier molecular flexibility index (Phi) is 6.74. The van der Waals surface area contributed by atoms with Crippen molar-refractivity contribution in [1.29, 1.82) is 0 Å². The Balaban J connectivity index is 1.73. The second kappa shape index (κ2) is 9.45. The van der Waals surface area contributed by atoms with Crippen LogP contribution in [0.4, 0.5) is 0 Å². The maximum absolute atomic E-state index is 6.11. The summed E-state index contributed by atoms with van der Waals surface area (Å²) < 4.78 is 11.6. The molecule has 3 aromatic rings. The topological polar surface area (TPSA) is 30.5 Å². The minimum absolute atomic E-state index is 0.234. The van der Waals surface area contributed by atoms with Crippen LogP contribution in [0.1, 0.15) is 29.7 Å². The lowest BCUT2D eigenvalue weighted by Gasteiger charge is -2.18. The molecule has 0 saturated heterocycles. The molecule has 0 bridgehead atoms. The fraction of sp³-hybridized carbons (Fsp3) is 0.217. The van der Waals surface area contributed by atoms with Gasteiger partial charge in [-0.2, -0.15) is 0 Å². The van der Waals surface area contributed by atoms with Crippen LogP contribution in [0.5, 0.6) is 11.5 Å². The summed E-state index contributed by atoms with van der Waals surface area (Å²) in [5, 5.41) is 4.26. The average molecular weight is 382 g/mol. The number of hydrogen-bond donors (Lipinski definition) is 1. The third kappa shape index (κ3) is 5.25. The third-order valence-corrected chi connectivity index (χ3v) is 4.69. The van der Waals surface area contributed by atoms with Crippen molar-refractivity contribution in [2.24, 2.45) is 0 Å². The van der Waals surface area contributed by atoms with Gasteiger partial charge >= 0.3 is 0 Å². The number of hydrogen-bond acceptors (Lipinski definition) is 3. The van der Waals surface area contributed by atoms with Gasteiger partial charge in [-0.1, -0.05) is 66.2 Å². The Hall–Kier alpha value is -2.49. The molecule has 27 heavy (non-hydrogen) atoms. The summed E-state index contributed by atoms with van der Waals surface area (Å²) in [4.78, 5) is 0. The SMILES string of the molecule is COc1cccc(CN[C@H](C)c2ccccc2)c1OCc1cccc(Cl)c1. The predicted octanol–water partition coefficient (Wildman–Crippen LogP) is 5.78. The van der Waals surface area contributed by atoms with Crippen molar-refractivity contribution in [2.45, 2.75) is 26.1 Å². The molecule has 0 saturated carbocycles. The van der Waals surface area contributed by atoms with Crippen LogP contribution >= 0.6 is 11.6 Å². The number of para-hydroxylation sites is 1. The van der Waals surface area contributed by atoms with Crippen LogP contribution in [0.2, 0.25) is 5.02 Å². The van der Waals surface area contributed by atoms with Crippen molar-refractivity contribution in [2.75, 3.05) is 7.11 Å². The van der Waals surface area contributed by atoms with Gasteiger partial charge in [-0.3, -0.25) is 0 Å². The lowest BCUT2D eigenvalue weighted by Crippen LogP contribution is -2.18. The Morgan fingerprint density at radius 1 is 0.963 bits per heavy atom. The van der Waals surface area contributed by atoms with E-state index in [1.54, 1.807) is 7.11 Å². The molecule has 0 amide bonds. The number of halogens is 1. The van der Waals surface area contributed by atoms with Crippen LogP contribution in [0, 0.1) is 0 Å². The van der Waals surface area contributed by atoms with Gasteiger partial charge in [0.1, 0.15) is 6.61 Å². The van der Waals surface area contributed by atoms with E-state index in [1.807, 2.05) is 42.5 Å². The molecule has 0 fully saturated rings. The van der Waals surface area contributed by atoms with Crippen molar-refractivity contribution in [1.82, 2.24) is 5.32 Å². The van der Waals surface area contributed by atoms with Crippen LogP contribution in [-0.2, 0) is 13.2 Å². The minimum Gasteiger partial charge on any atom is -0.493 e. The molecule has 3 nitrogen and oxygen atoms in total. The lowest BCUT2D eigenvalue weighted by atomic mass is 10.1. The highest BCUT2D eigenvalue weighted by molar-refractivity contribution is 6.30. The average Bonchev–Trinajstić information content (AvgIpc) is 2.71. The van der Waals surface area contributed by atoms with E-state index in [9.17, 15) is 0 Å². The van der Waals surface area contributed by atoms with E-state index >= 15 is 0 Å². The zero-order chi connectivity index (χ0) is 19.1. The fourth-order valence-corrected chi connectivity index (χ4v) is 3.14. The van der Waals surface area contributed by atoms with Crippen LogP contribution < -0.4 is 14.8 Å². The molecule has 0 heterocycles. The summed E-state index contributed by atoms with van der Waals surface area (Å²) >= 11 is 6.07. The van der Waals surface area contributed by atoms with Gasteiger partial charge in [0.15, 0.2) is 11.5 Å². The van der Waals surface area contributed by atoms with Crippen LogP contribution in [0.3, 0.4) is 0 Å².